The molecule has 0 aliphatic heterocycles. The number of nitrogens with zero attached hydrogens (tertiary/aromatic N) is 2. The highest BCUT2D eigenvalue weighted by atomic mass is 35.5. The van der Waals surface area contributed by atoms with Crippen LogP contribution >= 0.6 is 23.2 Å². The van der Waals surface area contributed by atoms with E-state index in [2.05, 4.69) is 10.3 Å². The second kappa shape index (κ2) is 3.87. The van der Waals surface area contributed by atoms with E-state index >= 15 is 0 Å². The zero-order valence-electron chi connectivity index (χ0n) is 10.6. The van der Waals surface area contributed by atoms with Crippen molar-refractivity contribution in [3.8, 4) is 0 Å². The largest absolute Gasteiger partial charge is 0.324 e. The Kier molecular flexibility index (Phi) is 2.60. The van der Waals surface area contributed by atoms with Gasteiger partial charge in [0.1, 0.15) is 9.98 Å². The molecule has 100 valence electrons. The monoisotopic (exact) mass is 297 g/mol. The van der Waals surface area contributed by atoms with Gasteiger partial charge in [0.2, 0.25) is 5.91 Å². The van der Waals surface area contributed by atoms with Crippen molar-refractivity contribution < 1.29 is 4.79 Å². The summed E-state index contributed by atoms with van der Waals surface area (Å²) in [6.45, 7) is 3.69. The lowest BCUT2D eigenvalue weighted by Crippen LogP contribution is -2.26. The Labute approximate surface area is 120 Å². The van der Waals surface area contributed by atoms with E-state index in [0.717, 1.165) is 11.3 Å². The minimum absolute atomic E-state index is 0.159. The predicted octanol–water partition coefficient (Wildman–Crippen LogP) is 3.17. The van der Waals surface area contributed by atoms with E-state index in [-0.39, 0.29) is 5.91 Å². The molecule has 1 unspecified atom stereocenters. The fourth-order valence-corrected chi connectivity index (χ4v) is 2.81. The predicted molar refractivity (Wildman–Crippen MR) is 75.7 cm³/mol. The maximum atomic E-state index is 12.1. The number of anilines is 1. The van der Waals surface area contributed by atoms with Crippen LogP contribution in [0.25, 0.3) is 5.65 Å². The average Bonchev–Trinajstić information content (AvgIpc) is 2.66. The van der Waals surface area contributed by atoms with Crippen LogP contribution in [0.3, 0.4) is 0 Å². The van der Waals surface area contributed by atoms with Gasteiger partial charge in [-0.15, -0.1) is 23.2 Å². The van der Waals surface area contributed by atoms with Gasteiger partial charge >= 0.3 is 0 Å². The van der Waals surface area contributed by atoms with Crippen LogP contribution in [0.2, 0.25) is 0 Å². The first-order valence-electron chi connectivity index (χ1n) is 5.96. The maximum Gasteiger partial charge on any atom is 0.233 e. The van der Waals surface area contributed by atoms with Gasteiger partial charge in [-0.25, -0.2) is 4.98 Å². The van der Waals surface area contributed by atoms with Crippen molar-refractivity contribution in [3.05, 3.63) is 30.2 Å². The molecule has 2 heterocycles. The number of alkyl halides is 2. The summed E-state index contributed by atoms with van der Waals surface area (Å²) in [6.07, 6.45) is 4.20. The molecule has 6 heteroatoms. The van der Waals surface area contributed by atoms with Gasteiger partial charge in [0.15, 0.2) is 0 Å². The molecule has 0 radical (unpaired) electrons. The third kappa shape index (κ3) is 1.99. The number of amides is 1. The molecule has 0 saturated heterocycles. The highest BCUT2D eigenvalue weighted by molar-refractivity contribution is 6.53. The average molecular weight is 298 g/mol. The fourth-order valence-electron chi connectivity index (χ4n) is 2.11. The highest BCUT2D eigenvalue weighted by Crippen LogP contribution is 2.64. The maximum absolute atomic E-state index is 12.1. The van der Waals surface area contributed by atoms with E-state index in [1.54, 1.807) is 6.92 Å². The van der Waals surface area contributed by atoms with Gasteiger partial charge in [-0.2, -0.15) is 0 Å². The van der Waals surface area contributed by atoms with Crippen molar-refractivity contribution in [3.63, 3.8) is 0 Å². The molecule has 2 aromatic rings. The zero-order chi connectivity index (χ0) is 13.8. The van der Waals surface area contributed by atoms with E-state index in [1.807, 2.05) is 35.9 Å². The van der Waals surface area contributed by atoms with Gasteiger partial charge in [0.05, 0.1) is 16.8 Å². The Hall–Kier alpha value is -1.26. The second-order valence-corrected chi connectivity index (χ2v) is 6.72. The number of halogens is 2. The summed E-state index contributed by atoms with van der Waals surface area (Å²) in [5, 5.41) is 2.84. The molecule has 19 heavy (non-hydrogen) atoms. The first-order valence-corrected chi connectivity index (χ1v) is 6.72. The molecule has 1 aliphatic carbocycles. The number of hydrogen-bond donors (Lipinski definition) is 1. The number of aryl methyl sites for hydroxylation is 1. The van der Waals surface area contributed by atoms with Crippen molar-refractivity contribution in [1.82, 2.24) is 9.38 Å². The normalized spacial score (nSPS) is 24.4. The van der Waals surface area contributed by atoms with Crippen molar-refractivity contribution in [1.29, 1.82) is 0 Å². The molecular formula is C13H13Cl2N3O. The summed E-state index contributed by atoms with van der Waals surface area (Å²) in [7, 11) is 0. The van der Waals surface area contributed by atoms with E-state index in [9.17, 15) is 4.79 Å². The molecule has 1 saturated carbocycles. The molecule has 1 fully saturated rings. The van der Waals surface area contributed by atoms with E-state index in [4.69, 9.17) is 23.2 Å². The lowest BCUT2D eigenvalue weighted by atomic mass is 10.1. The minimum atomic E-state index is -0.952. The topological polar surface area (TPSA) is 46.4 Å². The summed E-state index contributed by atoms with van der Waals surface area (Å²) < 4.78 is 0.918. The van der Waals surface area contributed by atoms with Crippen molar-refractivity contribution in [2.24, 2.45) is 5.41 Å². The lowest BCUT2D eigenvalue weighted by Gasteiger charge is -2.12. The number of aromatic nitrogens is 2. The van der Waals surface area contributed by atoms with E-state index in [0.29, 0.717) is 12.1 Å². The van der Waals surface area contributed by atoms with Crippen LogP contribution in [0.1, 0.15) is 19.0 Å². The molecule has 1 atom stereocenters. The fraction of sp³-hybridized carbons (Fsp3) is 0.385. The molecule has 0 aromatic carbocycles. The summed E-state index contributed by atoms with van der Waals surface area (Å²) in [5.41, 5.74) is 1.76. The number of pyridine rings is 1. The number of imidazole rings is 1. The third-order valence-electron chi connectivity index (χ3n) is 3.59. The Morgan fingerprint density at radius 2 is 2.11 bits per heavy atom. The number of carbonyl (C=O) groups is 1. The van der Waals surface area contributed by atoms with Gasteiger partial charge < -0.3 is 9.72 Å². The van der Waals surface area contributed by atoms with E-state index < -0.39 is 9.75 Å². The summed E-state index contributed by atoms with van der Waals surface area (Å²) in [4.78, 5) is 16.5. The van der Waals surface area contributed by atoms with Crippen LogP contribution in [0.4, 0.5) is 5.69 Å². The van der Waals surface area contributed by atoms with Crippen LogP contribution in [0.15, 0.2) is 24.5 Å². The van der Waals surface area contributed by atoms with Gasteiger partial charge in [-0.3, -0.25) is 4.79 Å². The Balaban J connectivity index is 1.84. The number of carbonyl (C=O) groups excluding carboxylic acids is 1. The number of hydrogen-bond acceptors (Lipinski definition) is 2. The first-order chi connectivity index (χ1) is 8.82. The second-order valence-electron chi connectivity index (χ2n) is 5.23. The molecule has 0 spiro atoms. The molecule has 3 rings (SSSR count). The molecule has 0 bridgehead atoms. The van der Waals surface area contributed by atoms with Crippen LogP contribution in [0.5, 0.6) is 0 Å². The van der Waals surface area contributed by atoms with Gasteiger partial charge in [-0.1, -0.05) is 0 Å². The van der Waals surface area contributed by atoms with Crippen molar-refractivity contribution in [2.45, 2.75) is 24.6 Å². The van der Waals surface area contributed by atoms with E-state index in [1.165, 1.54) is 0 Å². The van der Waals surface area contributed by atoms with Crippen LogP contribution in [-0.4, -0.2) is 19.6 Å². The SMILES string of the molecule is Cc1cn2cc(NC(=O)C3(C)CC3(Cl)Cl)ccc2n1. The van der Waals surface area contributed by atoms with Crippen LogP contribution in [-0.2, 0) is 4.79 Å². The quantitative estimate of drug-likeness (QED) is 0.866. The highest BCUT2D eigenvalue weighted by Gasteiger charge is 2.67. The minimum Gasteiger partial charge on any atom is -0.324 e. The van der Waals surface area contributed by atoms with Crippen LogP contribution < -0.4 is 5.32 Å². The smallest absolute Gasteiger partial charge is 0.233 e. The molecular weight excluding hydrogens is 285 g/mol. The summed E-state index contributed by atoms with van der Waals surface area (Å²) in [6, 6.07) is 3.67. The van der Waals surface area contributed by atoms with Gasteiger partial charge in [-0.05, 0) is 32.4 Å². The zero-order valence-corrected chi connectivity index (χ0v) is 12.1. The van der Waals surface area contributed by atoms with Gasteiger partial charge in [0, 0.05) is 12.4 Å². The van der Waals surface area contributed by atoms with Crippen molar-refractivity contribution >= 4 is 40.4 Å². The Morgan fingerprint density at radius 3 is 2.74 bits per heavy atom. The number of fused-ring (bicyclic) bond motifs is 1. The van der Waals surface area contributed by atoms with Crippen molar-refractivity contribution in [2.75, 3.05) is 5.32 Å². The standard InChI is InChI=1S/C13H13Cl2N3O/c1-8-5-18-6-9(3-4-10(18)16-8)17-11(19)12(2)7-13(12,14)15/h3-6H,7H2,1-2H3,(H,17,19). The first kappa shape index (κ1) is 12.8. The number of nitrogens with one attached hydrogen (secondary N) is 1. The van der Waals surface area contributed by atoms with Gasteiger partial charge in [0.25, 0.3) is 0 Å². The molecule has 4 nitrogen and oxygen atoms in total. The Bertz CT molecular complexity index is 680. The molecule has 1 amide bonds. The molecule has 1 N–H and O–H groups in total. The molecule has 1 aliphatic rings. The Morgan fingerprint density at radius 1 is 1.42 bits per heavy atom. The summed E-state index contributed by atoms with van der Waals surface area (Å²) >= 11 is 12.0. The number of rotatable bonds is 2. The molecule has 2 aromatic heterocycles. The van der Waals surface area contributed by atoms with Crippen LogP contribution in [0, 0.1) is 12.3 Å². The third-order valence-corrected chi connectivity index (χ3v) is 4.69. The summed E-state index contributed by atoms with van der Waals surface area (Å²) in [5.74, 6) is -0.159. The lowest BCUT2D eigenvalue weighted by molar-refractivity contribution is -0.120.